The van der Waals surface area contributed by atoms with Crippen LogP contribution in [0.4, 0.5) is 20.6 Å². The minimum Gasteiger partial charge on any atom is -0.320 e. The first-order valence-electron chi connectivity index (χ1n) is 9.65. The molecule has 31 heavy (non-hydrogen) atoms. The second-order valence-corrected chi connectivity index (χ2v) is 8.60. The molecule has 3 aromatic rings. The smallest absolute Gasteiger partial charge is 0.320 e. The van der Waals surface area contributed by atoms with E-state index in [1.807, 2.05) is 13.0 Å². The van der Waals surface area contributed by atoms with Crippen LogP contribution >= 0.6 is 22.9 Å². The highest BCUT2D eigenvalue weighted by Crippen LogP contribution is 2.34. The molecule has 7 nitrogen and oxygen atoms in total. The normalized spacial score (nSPS) is 15.7. The molecule has 0 unspecified atom stereocenters. The van der Waals surface area contributed by atoms with Gasteiger partial charge in [-0.3, -0.25) is 4.79 Å². The van der Waals surface area contributed by atoms with Crippen LogP contribution in [-0.4, -0.2) is 33.6 Å². The molecule has 160 valence electrons. The van der Waals surface area contributed by atoms with Gasteiger partial charge in [0, 0.05) is 22.9 Å². The Hall–Kier alpha value is -3.04. The zero-order valence-corrected chi connectivity index (χ0v) is 18.1. The number of nitrogens with one attached hydrogen (secondary N) is 2. The molecular weight excluding hydrogens is 441 g/mol. The van der Waals surface area contributed by atoms with E-state index in [-0.39, 0.29) is 17.1 Å². The van der Waals surface area contributed by atoms with Crippen LogP contribution in [0.1, 0.15) is 39.3 Å². The third-order valence-electron chi connectivity index (χ3n) is 4.96. The second-order valence-electron chi connectivity index (χ2n) is 7.15. The Bertz CT molecular complexity index is 1140. The average Bonchev–Trinajstić information content (AvgIpc) is 3.40. The van der Waals surface area contributed by atoms with Gasteiger partial charge in [0.2, 0.25) is 5.01 Å². The minimum absolute atomic E-state index is 0.150. The van der Waals surface area contributed by atoms with E-state index in [9.17, 15) is 14.0 Å². The molecule has 0 aliphatic carbocycles. The molecule has 0 saturated carbocycles. The van der Waals surface area contributed by atoms with Crippen molar-refractivity contribution in [1.82, 2.24) is 15.1 Å². The molecule has 1 aromatic heterocycles. The monoisotopic (exact) mass is 459 g/mol. The van der Waals surface area contributed by atoms with Crippen molar-refractivity contribution in [3.05, 3.63) is 68.9 Å². The molecule has 1 atom stereocenters. The highest BCUT2D eigenvalue weighted by atomic mass is 35.5. The Morgan fingerprint density at radius 3 is 2.84 bits per heavy atom. The molecule has 1 aliphatic heterocycles. The topological polar surface area (TPSA) is 87.2 Å². The lowest BCUT2D eigenvalue weighted by atomic mass is 10.2. The summed E-state index contributed by atoms with van der Waals surface area (Å²) in [5.41, 5.74) is 1.89. The Labute approximate surface area is 187 Å². The molecule has 4 rings (SSSR count). The Morgan fingerprint density at radius 2 is 2.03 bits per heavy atom. The summed E-state index contributed by atoms with van der Waals surface area (Å²) in [5, 5.41) is 14.9. The fraction of sp³-hybridized carbons (Fsp3) is 0.238. The van der Waals surface area contributed by atoms with Crippen LogP contribution in [0.15, 0.2) is 42.5 Å². The number of aromatic nitrogens is 2. The van der Waals surface area contributed by atoms with Gasteiger partial charge in [0.1, 0.15) is 10.8 Å². The standard InChI is InChI=1S/C21H19ClFN5O2S/c1-12-7-8-13(22)10-16(12)25-21(30)28-9-3-6-17(28)19-26-27-20(31-19)18(29)24-15-5-2-4-14(23)11-15/h2,4-5,7-8,10-11,17H,3,6,9H2,1H3,(H,24,29)(H,25,30)/t17-/m1/s1. The summed E-state index contributed by atoms with van der Waals surface area (Å²) >= 11 is 7.17. The molecule has 2 N–H and O–H groups in total. The van der Waals surface area contributed by atoms with Crippen molar-refractivity contribution < 1.29 is 14.0 Å². The quantitative estimate of drug-likeness (QED) is 0.557. The van der Waals surface area contributed by atoms with E-state index >= 15 is 0 Å². The minimum atomic E-state index is -0.474. The predicted octanol–water partition coefficient (Wildman–Crippen LogP) is 5.26. The fourth-order valence-electron chi connectivity index (χ4n) is 3.39. The predicted molar refractivity (Wildman–Crippen MR) is 118 cm³/mol. The Morgan fingerprint density at radius 1 is 1.19 bits per heavy atom. The first kappa shape index (κ1) is 21.2. The van der Waals surface area contributed by atoms with Gasteiger partial charge < -0.3 is 15.5 Å². The SMILES string of the molecule is Cc1ccc(Cl)cc1NC(=O)N1CCC[C@@H]1c1nnc(C(=O)Nc2cccc(F)c2)s1. The lowest BCUT2D eigenvalue weighted by Crippen LogP contribution is -2.34. The summed E-state index contributed by atoms with van der Waals surface area (Å²) in [6.45, 7) is 2.46. The van der Waals surface area contributed by atoms with Crippen LogP contribution in [0.5, 0.6) is 0 Å². The van der Waals surface area contributed by atoms with Gasteiger partial charge in [-0.25, -0.2) is 9.18 Å². The van der Waals surface area contributed by atoms with E-state index in [0.29, 0.717) is 27.9 Å². The van der Waals surface area contributed by atoms with Gasteiger partial charge in [-0.2, -0.15) is 0 Å². The third kappa shape index (κ3) is 4.83. The van der Waals surface area contributed by atoms with Crippen molar-refractivity contribution in [3.8, 4) is 0 Å². The molecule has 0 radical (unpaired) electrons. The van der Waals surface area contributed by atoms with Gasteiger partial charge in [0.05, 0.1) is 6.04 Å². The van der Waals surface area contributed by atoms with Crippen molar-refractivity contribution in [3.63, 3.8) is 0 Å². The van der Waals surface area contributed by atoms with Crippen molar-refractivity contribution in [2.24, 2.45) is 0 Å². The molecular formula is C21H19ClFN5O2S. The molecule has 1 fully saturated rings. The summed E-state index contributed by atoms with van der Waals surface area (Å²) < 4.78 is 13.3. The molecule has 2 heterocycles. The van der Waals surface area contributed by atoms with Crippen molar-refractivity contribution in [2.75, 3.05) is 17.2 Å². The van der Waals surface area contributed by atoms with E-state index in [0.717, 1.165) is 29.7 Å². The fourth-order valence-corrected chi connectivity index (χ4v) is 4.45. The summed E-state index contributed by atoms with van der Waals surface area (Å²) in [5.74, 6) is -0.920. The number of halogens is 2. The Balaban J connectivity index is 1.46. The maximum atomic E-state index is 13.3. The van der Waals surface area contributed by atoms with Gasteiger partial charge in [0.15, 0.2) is 0 Å². The van der Waals surface area contributed by atoms with Crippen LogP contribution in [0.3, 0.4) is 0 Å². The number of benzene rings is 2. The number of nitrogens with zero attached hydrogens (tertiary/aromatic N) is 3. The van der Waals surface area contributed by atoms with Crippen LogP contribution in [0, 0.1) is 12.7 Å². The number of carbonyl (C=O) groups is 2. The van der Waals surface area contributed by atoms with Gasteiger partial charge >= 0.3 is 6.03 Å². The first-order chi connectivity index (χ1) is 14.9. The molecule has 0 spiro atoms. The van der Waals surface area contributed by atoms with Crippen LogP contribution in [0.25, 0.3) is 0 Å². The lowest BCUT2D eigenvalue weighted by molar-refractivity contribution is 0.102. The number of amides is 3. The molecule has 2 aromatic carbocycles. The van der Waals surface area contributed by atoms with Crippen molar-refractivity contribution in [1.29, 1.82) is 0 Å². The first-order valence-corrected chi connectivity index (χ1v) is 10.8. The molecule has 1 saturated heterocycles. The number of hydrogen-bond acceptors (Lipinski definition) is 5. The van der Waals surface area contributed by atoms with E-state index in [1.165, 1.54) is 18.2 Å². The summed E-state index contributed by atoms with van der Waals surface area (Å²) in [7, 11) is 0. The van der Waals surface area contributed by atoms with E-state index in [4.69, 9.17) is 11.6 Å². The van der Waals surface area contributed by atoms with Crippen LogP contribution < -0.4 is 10.6 Å². The second kappa shape index (κ2) is 8.99. The molecule has 10 heteroatoms. The largest absolute Gasteiger partial charge is 0.322 e. The molecule has 3 amide bonds. The van der Waals surface area contributed by atoms with E-state index in [2.05, 4.69) is 20.8 Å². The van der Waals surface area contributed by atoms with Gasteiger partial charge in [-0.15, -0.1) is 10.2 Å². The number of anilines is 2. The maximum Gasteiger partial charge on any atom is 0.322 e. The van der Waals surface area contributed by atoms with Gasteiger partial charge in [-0.1, -0.05) is 35.1 Å². The van der Waals surface area contributed by atoms with E-state index < -0.39 is 11.7 Å². The highest BCUT2D eigenvalue weighted by molar-refractivity contribution is 7.13. The maximum absolute atomic E-state index is 13.3. The lowest BCUT2D eigenvalue weighted by Gasteiger charge is -2.23. The van der Waals surface area contributed by atoms with Crippen molar-refractivity contribution in [2.45, 2.75) is 25.8 Å². The van der Waals surface area contributed by atoms with Gasteiger partial charge in [-0.05, 0) is 55.7 Å². The van der Waals surface area contributed by atoms with Crippen LogP contribution in [-0.2, 0) is 0 Å². The Kier molecular flexibility index (Phi) is 6.15. The number of rotatable bonds is 4. The van der Waals surface area contributed by atoms with E-state index in [1.54, 1.807) is 23.1 Å². The van der Waals surface area contributed by atoms with Gasteiger partial charge in [0.25, 0.3) is 5.91 Å². The number of carbonyl (C=O) groups excluding carboxylic acids is 2. The summed E-state index contributed by atoms with van der Waals surface area (Å²) in [6.07, 6.45) is 1.54. The molecule has 0 bridgehead atoms. The summed E-state index contributed by atoms with van der Waals surface area (Å²) in [6, 6.07) is 10.4. The number of likely N-dealkylation sites (tertiary alicyclic amines) is 1. The highest BCUT2D eigenvalue weighted by Gasteiger charge is 2.33. The zero-order valence-electron chi connectivity index (χ0n) is 16.6. The molecule has 1 aliphatic rings. The van der Waals surface area contributed by atoms with Crippen molar-refractivity contribution >= 4 is 46.3 Å². The van der Waals surface area contributed by atoms with Crippen LogP contribution in [0.2, 0.25) is 5.02 Å². The third-order valence-corrected chi connectivity index (χ3v) is 6.22. The zero-order chi connectivity index (χ0) is 22.0. The number of urea groups is 1. The number of aryl methyl sites for hydroxylation is 1. The number of hydrogen-bond donors (Lipinski definition) is 2. The summed E-state index contributed by atoms with van der Waals surface area (Å²) in [4.78, 5) is 27.0. The average molecular weight is 460 g/mol.